The second-order valence-electron chi connectivity index (χ2n) is 5.60. The summed E-state index contributed by atoms with van der Waals surface area (Å²) in [6.07, 6.45) is 7.78. The van der Waals surface area contributed by atoms with Gasteiger partial charge in [-0.3, -0.25) is 5.10 Å². The van der Waals surface area contributed by atoms with Gasteiger partial charge in [-0.25, -0.2) is 4.98 Å². The Balaban J connectivity index is 1.61. The average Bonchev–Trinajstić information content (AvgIpc) is 2.76. The Hall–Kier alpha value is -0.900. The van der Waals surface area contributed by atoms with E-state index >= 15 is 0 Å². The fourth-order valence-corrected chi connectivity index (χ4v) is 3.03. The molecular weight excluding hydrogens is 212 g/mol. The summed E-state index contributed by atoms with van der Waals surface area (Å²) < 4.78 is 0. The fourth-order valence-electron chi connectivity index (χ4n) is 3.03. The lowest BCUT2D eigenvalue weighted by Gasteiger charge is -2.32. The molecule has 1 aromatic rings. The van der Waals surface area contributed by atoms with Gasteiger partial charge < -0.3 is 5.32 Å². The predicted molar refractivity (Wildman–Crippen MR) is 68.7 cm³/mol. The van der Waals surface area contributed by atoms with Crippen LogP contribution < -0.4 is 5.32 Å². The Bertz CT molecular complexity index is 299. The third kappa shape index (κ3) is 4.11. The molecule has 1 heterocycles. The summed E-state index contributed by atoms with van der Waals surface area (Å²) >= 11 is 0. The van der Waals surface area contributed by atoms with Crippen molar-refractivity contribution in [1.29, 1.82) is 0 Å². The van der Waals surface area contributed by atoms with Gasteiger partial charge in [0.2, 0.25) is 0 Å². The number of nitrogens with zero attached hydrogens (tertiary/aromatic N) is 2. The summed E-state index contributed by atoms with van der Waals surface area (Å²) in [5, 5.41) is 10.4. The molecule has 2 unspecified atom stereocenters. The quantitative estimate of drug-likeness (QED) is 0.770. The number of H-pyrrole nitrogens is 1. The highest BCUT2D eigenvalue weighted by Gasteiger charge is 2.22. The molecule has 0 amide bonds. The third-order valence-corrected chi connectivity index (χ3v) is 3.67. The summed E-state index contributed by atoms with van der Waals surface area (Å²) in [6.45, 7) is 5.84. The van der Waals surface area contributed by atoms with Crippen molar-refractivity contribution in [2.45, 2.75) is 52.0 Å². The van der Waals surface area contributed by atoms with Crippen molar-refractivity contribution in [3.63, 3.8) is 0 Å². The highest BCUT2D eigenvalue weighted by molar-refractivity contribution is 4.82. The normalized spacial score (nSPS) is 29.4. The monoisotopic (exact) mass is 236 g/mol. The molecule has 1 aliphatic rings. The maximum atomic E-state index is 4.13. The second-order valence-corrected chi connectivity index (χ2v) is 5.60. The van der Waals surface area contributed by atoms with Crippen molar-refractivity contribution in [3.8, 4) is 0 Å². The molecule has 1 aromatic heterocycles. The molecule has 0 radical (unpaired) electrons. The van der Waals surface area contributed by atoms with E-state index in [1.807, 2.05) is 0 Å². The first kappa shape index (κ1) is 12.6. The van der Waals surface area contributed by atoms with Crippen LogP contribution in [0.2, 0.25) is 0 Å². The zero-order valence-electron chi connectivity index (χ0n) is 10.9. The molecule has 1 aliphatic carbocycles. The van der Waals surface area contributed by atoms with Gasteiger partial charge in [0.15, 0.2) is 0 Å². The summed E-state index contributed by atoms with van der Waals surface area (Å²) in [7, 11) is 0. The van der Waals surface area contributed by atoms with E-state index in [1.54, 1.807) is 6.33 Å². The van der Waals surface area contributed by atoms with E-state index in [1.165, 1.54) is 19.3 Å². The van der Waals surface area contributed by atoms with E-state index in [0.29, 0.717) is 0 Å². The number of hydrogen-bond acceptors (Lipinski definition) is 3. The van der Waals surface area contributed by atoms with Crippen molar-refractivity contribution >= 4 is 0 Å². The lowest BCUT2D eigenvalue weighted by atomic mass is 9.80. The Morgan fingerprint density at radius 2 is 2.06 bits per heavy atom. The maximum Gasteiger partial charge on any atom is 0.137 e. The minimum atomic E-state index is 0.725. The van der Waals surface area contributed by atoms with Crippen molar-refractivity contribution in [1.82, 2.24) is 20.5 Å². The molecule has 0 aliphatic heterocycles. The van der Waals surface area contributed by atoms with Gasteiger partial charge in [-0.15, -0.1) is 0 Å². The molecule has 0 saturated heterocycles. The standard InChI is InChI=1S/C13H24N4/c1-10-6-11(2)8-12(7-10)14-5-3-4-13-15-9-16-17-13/h9-12,14H,3-8H2,1-2H3,(H,15,16,17). The molecule has 0 spiro atoms. The van der Waals surface area contributed by atoms with Gasteiger partial charge >= 0.3 is 0 Å². The molecule has 2 atom stereocenters. The van der Waals surface area contributed by atoms with Gasteiger partial charge in [-0.2, -0.15) is 5.10 Å². The summed E-state index contributed by atoms with van der Waals surface area (Å²) in [4.78, 5) is 4.13. The van der Waals surface area contributed by atoms with Gasteiger partial charge in [0.05, 0.1) is 0 Å². The molecule has 2 rings (SSSR count). The predicted octanol–water partition coefficient (Wildman–Crippen LogP) is 2.15. The van der Waals surface area contributed by atoms with Crippen molar-refractivity contribution in [2.24, 2.45) is 11.8 Å². The first-order chi connectivity index (χ1) is 8.24. The van der Waals surface area contributed by atoms with E-state index in [-0.39, 0.29) is 0 Å². The van der Waals surface area contributed by atoms with E-state index in [9.17, 15) is 0 Å². The van der Waals surface area contributed by atoms with E-state index in [4.69, 9.17) is 0 Å². The highest BCUT2D eigenvalue weighted by Crippen LogP contribution is 2.28. The third-order valence-electron chi connectivity index (χ3n) is 3.67. The van der Waals surface area contributed by atoms with Crippen molar-refractivity contribution in [3.05, 3.63) is 12.2 Å². The lowest BCUT2D eigenvalue weighted by Crippen LogP contribution is -2.36. The molecule has 96 valence electrons. The van der Waals surface area contributed by atoms with Crippen LogP contribution in [0.5, 0.6) is 0 Å². The Kier molecular flexibility index (Phi) is 4.54. The van der Waals surface area contributed by atoms with E-state index < -0.39 is 0 Å². The average molecular weight is 236 g/mol. The number of aromatic nitrogens is 3. The smallest absolute Gasteiger partial charge is 0.137 e. The zero-order valence-corrected chi connectivity index (χ0v) is 10.9. The van der Waals surface area contributed by atoms with Crippen molar-refractivity contribution < 1.29 is 0 Å². The maximum absolute atomic E-state index is 4.13. The summed E-state index contributed by atoms with van der Waals surface area (Å²) in [5.74, 6) is 2.76. The van der Waals surface area contributed by atoms with Crippen LogP contribution in [0.1, 0.15) is 45.4 Å². The number of nitrogens with one attached hydrogen (secondary N) is 2. The first-order valence-corrected chi connectivity index (χ1v) is 6.81. The lowest BCUT2D eigenvalue weighted by molar-refractivity contribution is 0.239. The van der Waals surface area contributed by atoms with E-state index in [2.05, 4.69) is 34.3 Å². The molecule has 1 saturated carbocycles. The van der Waals surface area contributed by atoms with Gasteiger partial charge in [-0.1, -0.05) is 13.8 Å². The van der Waals surface area contributed by atoms with Gasteiger partial charge in [0, 0.05) is 12.5 Å². The second kappa shape index (κ2) is 6.15. The molecule has 4 nitrogen and oxygen atoms in total. The van der Waals surface area contributed by atoms with Crippen LogP contribution in [0.25, 0.3) is 0 Å². The van der Waals surface area contributed by atoms with Gasteiger partial charge in [-0.05, 0) is 44.1 Å². The Morgan fingerprint density at radius 3 is 2.71 bits per heavy atom. The molecule has 1 fully saturated rings. The van der Waals surface area contributed by atoms with Crippen LogP contribution in [0.3, 0.4) is 0 Å². The summed E-state index contributed by atoms with van der Waals surface area (Å²) in [6, 6.07) is 0.725. The molecule has 2 N–H and O–H groups in total. The molecule has 4 heteroatoms. The molecule has 0 aromatic carbocycles. The molecular formula is C13H24N4. The minimum Gasteiger partial charge on any atom is -0.314 e. The largest absolute Gasteiger partial charge is 0.314 e. The number of aryl methyl sites for hydroxylation is 1. The van der Waals surface area contributed by atoms with E-state index in [0.717, 1.165) is 43.1 Å². The molecule has 17 heavy (non-hydrogen) atoms. The van der Waals surface area contributed by atoms with Crippen LogP contribution in [0.4, 0.5) is 0 Å². The van der Waals surface area contributed by atoms with Gasteiger partial charge in [0.1, 0.15) is 12.2 Å². The van der Waals surface area contributed by atoms with Crippen LogP contribution in [-0.2, 0) is 6.42 Å². The Morgan fingerprint density at radius 1 is 1.29 bits per heavy atom. The molecule has 0 bridgehead atoms. The van der Waals surface area contributed by atoms with Gasteiger partial charge in [0.25, 0.3) is 0 Å². The minimum absolute atomic E-state index is 0.725. The van der Waals surface area contributed by atoms with Crippen LogP contribution in [0.15, 0.2) is 6.33 Å². The van der Waals surface area contributed by atoms with Crippen LogP contribution in [0, 0.1) is 11.8 Å². The van der Waals surface area contributed by atoms with Crippen molar-refractivity contribution in [2.75, 3.05) is 6.54 Å². The van der Waals surface area contributed by atoms with Crippen LogP contribution >= 0.6 is 0 Å². The fraction of sp³-hybridized carbons (Fsp3) is 0.846. The SMILES string of the molecule is CC1CC(C)CC(NCCCc2ncn[nH]2)C1. The summed E-state index contributed by atoms with van der Waals surface area (Å²) in [5.41, 5.74) is 0. The number of rotatable bonds is 5. The highest BCUT2D eigenvalue weighted by atomic mass is 15.2. The Labute approximate surface area is 104 Å². The number of aromatic amines is 1. The van der Waals surface area contributed by atoms with Crippen LogP contribution in [-0.4, -0.2) is 27.8 Å². The number of hydrogen-bond donors (Lipinski definition) is 2. The topological polar surface area (TPSA) is 53.6 Å². The zero-order chi connectivity index (χ0) is 12.1. The first-order valence-electron chi connectivity index (χ1n) is 6.81.